The van der Waals surface area contributed by atoms with Gasteiger partial charge in [0, 0.05) is 41.4 Å². The molecule has 0 aliphatic carbocycles. The molecular formula is C16H20ClN3. The minimum absolute atomic E-state index is 0.261. The van der Waals surface area contributed by atoms with Crippen LogP contribution in [0.2, 0.25) is 5.02 Å². The highest BCUT2D eigenvalue weighted by Gasteiger charge is 2.37. The summed E-state index contributed by atoms with van der Waals surface area (Å²) >= 11 is 6.04. The number of aromatic nitrogens is 1. The van der Waals surface area contributed by atoms with E-state index in [1.165, 1.54) is 0 Å². The van der Waals surface area contributed by atoms with E-state index in [1.54, 1.807) is 0 Å². The molecule has 1 aromatic carbocycles. The molecule has 1 saturated heterocycles. The number of likely N-dealkylation sites (N-methyl/N-ethyl adjacent to an activating group) is 1. The van der Waals surface area contributed by atoms with Gasteiger partial charge in [-0.3, -0.25) is 4.98 Å². The topological polar surface area (TPSA) is 28.2 Å². The lowest BCUT2D eigenvalue weighted by Crippen LogP contribution is -2.34. The second-order valence-corrected chi connectivity index (χ2v) is 6.84. The summed E-state index contributed by atoms with van der Waals surface area (Å²) in [5, 5.41) is 5.55. The number of pyridine rings is 1. The van der Waals surface area contributed by atoms with E-state index in [-0.39, 0.29) is 5.41 Å². The molecule has 4 heteroatoms. The largest absolute Gasteiger partial charge is 0.380 e. The molecule has 0 saturated carbocycles. The first kappa shape index (κ1) is 13.7. The number of likely N-dealkylation sites (tertiary alicyclic amines) is 1. The third-order valence-corrected chi connectivity index (χ3v) is 4.38. The Labute approximate surface area is 124 Å². The molecule has 106 valence electrons. The number of anilines is 1. The van der Waals surface area contributed by atoms with E-state index in [4.69, 9.17) is 11.6 Å². The van der Waals surface area contributed by atoms with Gasteiger partial charge in [-0.2, -0.15) is 0 Å². The van der Waals surface area contributed by atoms with Crippen LogP contribution in [0.5, 0.6) is 0 Å². The van der Waals surface area contributed by atoms with Crippen LogP contribution in [0.25, 0.3) is 10.9 Å². The number of hydrogen-bond donors (Lipinski definition) is 1. The van der Waals surface area contributed by atoms with Gasteiger partial charge in [-0.25, -0.2) is 0 Å². The molecule has 0 bridgehead atoms. The highest BCUT2D eigenvalue weighted by Crippen LogP contribution is 2.33. The first-order valence-electron chi connectivity index (χ1n) is 6.95. The second-order valence-electron chi connectivity index (χ2n) is 6.40. The lowest BCUT2D eigenvalue weighted by Gasteiger charge is -2.28. The molecule has 1 aliphatic rings. The third kappa shape index (κ3) is 2.48. The lowest BCUT2D eigenvalue weighted by molar-refractivity contribution is 0.329. The number of nitrogens with one attached hydrogen (secondary N) is 1. The van der Waals surface area contributed by atoms with Gasteiger partial charge in [-0.05, 0) is 36.7 Å². The molecule has 1 atom stereocenters. The van der Waals surface area contributed by atoms with Crippen LogP contribution in [0.15, 0.2) is 30.5 Å². The third-order valence-electron chi connectivity index (χ3n) is 4.15. The first-order valence-corrected chi connectivity index (χ1v) is 7.33. The smallest absolute Gasteiger partial charge is 0.0737 e. The van der Waals surface area contributed by atoms with Gasteiger partial charge in [0.15, 0.2) is 0 Å². The van der Waals surface area contributed by atoms with Crippen molar-refractivity contribution in [1.82, 2.24) is 9.88 Å². The maximum absolute atomic E-state index is 6.04. The van der Waals surface area contributed by atoms with E-state index in [0.29, 0.717) is 6.04 Å². The Balaban J connectivity index is 1.95. The van der Waals surface area contributed by atoms with Gasteiger partial charge in [0.1, 0.15) is 0 Å². The van der Waals surface area contributed by atoms with Gasteiger partial charge in [0.25, 0.3) is 0 Å². The molecule has 2 heterocycles. The fraction of sp³-hybridized carbons (Fsp3) is 0.438. The van der Waals surface area contributed by atoms with E-state index >= 15 is 0 Å². The van der Waals surface area contributed by atoms with Crippen LogP contribution >= 0.6 is 11.6 Å². The fourth-order valence-electron chi connectivity index (χ4n) is 3.11. The molecule has 1 aromatic heterocycles. The standard InChI is InChI=1S/C16H20ClN3/c1-16(2)10-20(3)9-15(16)19-13-6-7-18-14-8-11(17)4-5-12(13)14/h4-8,15H,9-10H2,1-3H3,(H,18,19). The van der Waals surface area contributed by atoms with Crippen LogP contribution in [-0.2, 0) is 0 Å². The van der Waals surface area contributed by atoms with Crippen molar-refractivity contribution in [1.29, 1.82) is 0 Å². The lowest BCUT2D eigenvalue weighted by atomic mass is 9.87. The summed E-state index contributed by atoms with van der Waals surface area (Å²) < 4.78 is 0. The van der Waals surface area contributed by atoms with E-state index in [9.17, 15) is 0 Å². The zero-order valence-electron chi connectivity index (χ0n) is 12.2. The van der Waals surface area contributed by atoms with E-state index < -0.39 is 0 Å². The minimum atomic E-state index is 0.261. The molecule has 1 unspecified atom stereocenters. The molecule has 2 aromatic rings. The van der Waals surface area contributed by atoms with Crippen LogP contribution in [0, 0.1) is 5.41 Å². The van der Waals surface area contributed by atoms with Crippen molar-refractivity contribution in [2.24, 2.45) is 5.41 Å². The fourth-order valence-corrected chi connectivity index (χ4v) is 3.27. The van der Waals surface area contributed by atoms with Gasteiger partial charge >= 0.3 is 0 Å². The molecule has 1 N–H and O–H groups in total. The Kier molecular flexibility index (Phi) is 3.35. The van der Waals surface area contributed by atoms with Crippen molar-refractivity contribution < 1.29 is 0 Å². The normalized spacial score (nSPS) is 22.3. The monoisotopic (exact) mass is 289 g/mol. The SMILES string of the molecule is CN1CC(Nc2ccnc3cc(Cl)ccc23)C(C)(C)C1. The Morgan fingerprint density at radius 2 is 2.15 bits per heavy atom. The van der Waals surface area contributed by atoms with Gasteiger partial charge in [-0.15, -0.1) is 0 Å². The number of halogens is 1. The Morgan fingerprint density at radius 1 is 1.35 bits per heavy atom. The molecule has 3 rings (SSSR count). The Morgan fingerprint density at radius 3 is 2.85 bits per heavy atom. The maximum Gasteiger partial charge on any atom is 0.0737 e. The zero-order valence-corrected chi connectivity index (χ0v) is 12.9. The predicted octanol–water partition coefficient (Wildman–Crippen LogP) is 3.64. The number of nitrogens with zero attached hydrogens (tertiary/aromatic N) is 2. The van der Waals surface area contributed by atoms with Crippen LogP contribution < -0.4 is 5.32 Å². The van der Waals surface area contributed by atoms with Gasteiger partial charge < -0.3 is 10.2 Å². The summed E-state index contributed by atoms with van der Waals surface area (Å²) in [5.41, 5.74) is 2.34. The molecular weight excluding hydrogens is 270 g/mol. The van der Waals surface area contributed by atoms with E-state index in [2.05, 4.69) is 36.1 Å². The average Bonchev–Trinajstić information content (AvgIpc) is 2.62. The van der Waals surface area contributed by atoms with Crippen LogP contribution in [0.1, 0.15) is 13.8 Å². The first-order chi connectivity index (χ1) is 9.45. The van der Waals surface area contributed by atoms with Crippen LogP contribution in [0.4, 0.5) is 5.69 Å². The van der Waals surface area contributed by atoms with Crippen molar-refractivity contribution in [2.75, 3.05) is 25.5 Å². The maximum atomic E-state index is 6.04. The van der Waals surface area contributed by atoms with Gasteiger partial charge in [0.2, 0.25) is 0 Å². The van der Waals surface area contributed by atoms with E-state index in [1.807, 2.05) is 30.5 Å². The number of benzene rings is 1. The predicted molar refractivity (Wildman–Crippen MR) is 85.4 cm³/mol. The summed E-state index contributed by atoms with van der Waals surface area (Å²) in [6.45, 7) is 6.80. The Hall–Kier alpha value is -1.32. The summed E-state index contributed by atoms with van der Waals surface area (Å²) in [6.07, 6.45) is 1.84. The minimum Gasteiger partial charge on any atom is -0.380 e. The molecule has 3 nitrogen and oxygen atoms in total. The molecule has 0 radical (unpaired) electrons. The van der Waals surface area contributed by atoms with Crippen molar-refractivity contribution in [3.8, 4) is 0 Å². The van der Waals surface area contributed by atoms with Crippen molar-refractivity contribution in [3.63, 3.8) is 0 Å². The summed E-state index contributed by atoms with van der Waals surface area (Å²) in [4.78, 5) is 6.77. The highest BCUT2D eigenvalue weighted by atomic mass is 35.5. The Bertz CT molecular complexity index is 639. The van der Waals surface area contributed by atoms with Crippen molar-refractivity contribution >= 4 is 28.2 Å². The van der Waals surface area contributed by atoms with E-state index in [0.717, 1.165) is 34.7 Å². The van der Waals surface area contributed by atoms with Crippen LogP contribution in [-0.4, -0.2) is 36.1 Å². The molecule has 0 amide bonds. The molecule has 0 spiro atoms. The van der Waals surface area contributed by atoms with Gasteiger partial charge in [-0.1, -0.05) is 25.4 Å². The number of rotatable bonds is 2. The molecule has 1 aliphatic heterocycles. The van der Waals surface area contributed by atoms with Crippen molar-refractivity contribution in [3.05, 3.63) is 35.5 Å². The average molecular weight is 290 g/mol. The van der Waals surface area contributed by atoms with Crippen molar-refractivity contribution in [2.45, 2.75) is 19.9 Å². The van der Waals surface area contributed by atoms with Gasteiger partial charge in [0.05, 0.1) is 5.52 Å². The second kappa shape index (κ2) is 4.90. The number of fused-ring (bicyclic) bond motifs is 1. The zero-order chi connectivity index (χ0) is 14.3. The summed E-state index contributed by atoms with van der Waals surface area (Å²) in [7, 11) is 2.17. The molecule has 1 fully saturated rings. The quantitative estimate of drug-likeness (QED) is 0.915. The summed E-state index contributed by atoms with van der Waals surface area (Å²) in [6, 6.07) is 8.36. The molecule has 20 heavy (non-hydrogen) atoms. The van der Waals surface area contributed by atoms with Crippen LogP contribution in [0.3, 0.4) is 0 Å². The highest BCUT2D eigenvalue weighted by molar-refractivity contribution is 6.31. The number of hydrogen-bond acceptors (Lipinski definition) is 3. The summed E-state index contributed by atoms with van der Waals surface area (Å²) in [5.74, 6) is 0.